The van der Waals surface area contributed by atoms with Gasteiger partial charge in [0.1, 0.15) is 0 Å². The van der Waals surface area contributed by atoms with Gasteiger partial charge in [0.2, 0.25) is 0 Å². The molecule has 2 aliphatic carbocycles. The average molecular weight is 600 g/mol. The quantitative estimate of drug-likeness (QED) is 0.171. The van der Waals surface area contributed by atoms with E-state index in [2.05, 4.69) is 111 Å². The van der Waals surface area contributed by atoms with Crippen molar-refractivity contribution >= 4 is 29.2 Å². The van der Waals surface area contributed by atoms with Crippen LogP contribution >= 0.6 is 11.3 Å². The maximum atomic E-state index is 4.31. The van der Waals surface area contributed by atoms with Crippen LogP contribution in [0.2, 0.25) is 0 Å². The minimum absolute atomic E-state index is 0.484. The number of aliphatic imine (C=N–C) groups is 1. The van der Waals surface area contributed by atoms with Crippen LogP contribution in [0.4, 0.5) is 0 Å². The molecule has 2 heteroatoms. The molecule has 1 unspecified atom stereocenters. The monoisotopic (exact) mass is 599 g/mol. The number of nitrogens with zero attached hydrogens (tertiary/aromatic N) is 1. The SMILES string of the molecule is C=C/C=C\c1c(C)sc2c1C(c1ccc3c(c1)C(/C(C=C)=C/C=NC)(/C(=C/C=C)CC)c1ccccc1-3)=CCC2.CC.CC. The second-order valence-corrected chi connectivity index (χ2v) is 11.5. The van der Waals surface area contributed by atoms with Gasteiger partial charge < -0.3 is 0 Å². The fourth-order valence-corrected chi connectivity index (χ4v) is 7.80. The number of rotatable bonds is 9. The van der Waals surface area contributed by atoms with Crippen LogP contribution < -0.4 is 0 Å². The van der Waals surface area contributed by atoms with Gasteiger partial charge in [0.25, 0.3) is 0 Å². The Bertz CT molecular complexity index is 1650. The molecule has 0 saturated heterocycles. The van der Waals surface area contributed by atoms with Crippen molar-refractivity contribution in [1.82, 2.24) is 0 Å². The van der Waals surface area contributed by atoms with Crippen LogP contribution in [-0.2, 0) is 11.8 Å². The standard InChI is InChI=1S/C38H37NS.2C2H6/c1-7-11-16-30-26(5)40-36-20-14-18-31(37(30)36)27-21-22-33-32-17-12-13-19-34(32)38(35(33)25-27,28(9-3)15-8-2)29(10-4)23-24-39-6;2*1-2/h7-8,10-13,15-19,21-25H,1-2,4,9,14,20H2,3,5-6H3;2*1-2H3/b16-11-,28-15+,29-23+,39-24?;;. The molecule has 0 spiro atoms. The summed E-state index contributed by atoms with van der Waals surface area (Å²) in [6.07, 6.45) is 21.7. The summed E-state index contributed by atoms with van der Waals surface area (Å²) in [5, 5.41) is 0. The maximum absolute atomic E-state index is 4.31. The van der Waals surface area contributed by atoms with Crippen molar-refractivity contribution in [2.45, 2.75) is 66.2 Å². The molecule has 0 fully saturated rings. The van der Waals surface area contributed by atoms with Crippen molar-refractivity contribution in [2.24, 2.45) is 4.99 Å². The number of hydrogen-bond donors (Lipinski definition) is 0. The molecule has 0 N–H and O–H groups in total. The van der Waals surface area contributed by atoms with Gasteiger partial charge in [-0.1, -0.05) is 139 Å². The first-order chi connectivity index (χ1) is 21.6. The molecular formula is C42H49NS. The van der Waals surface area contributed by atoms with Gasteiger partial charge in [0, 0.05) is 28.6 Å². The zero-order valence-electron chi connectivity index (χ0n) is 27.8. The summed E-state index contributed by atoms with van der Waals surface area (Å²) in [6.45, 7) is 24.8. The van der Waals surface area contributed by atoms with Gasteiger partial charge in [-0.15, -0.1) is 11.3 Å². The van der Waals surface area contributed by atoms with Crippen LogP contribution in [0.25, 0.3) is 22.8 Å². The third-order valence-corrected chi connectivity index (χ3v) is 9.37. The summed E-state index contributed by atoms with van der Waals surface area (Å²) in [6, 6.07) is 15.9. The number of aryl methyl sites for hydroxylation is 2. The molecule has 1 atom stereocenters. The van der Waals surface area contributed by atoms with Gasteiger partial charge >= 0.3 is 0 Å². The smallest absolute Gasteiger partial charge is 0.0676 e. The van der Waals surface area contributed by atoms with Crippen molar-refractivity contribution in [2.75, 3.05) is 7.05 Å². The molecular weight excluding hydrogens is 551 g/mol. The van der Waals surface area contributed by atoms with Crippen molar-refractivity contribution in [3.8, 4) is 11.1 Å². The molecule has 0 aliphatic heterocycles. The Balaban J connectivity index is 0.00000127. The highest BCUT2D eigenvalue weighted by Gasteiger charge is 2.47. The number of thiophene rings is 1. The first-order valence-electron chi connectivity index (χ1n) is 16.0. The summed E-state index contributed by atoms with van der Waals surface area (Å²) in [4.78, 5) is 7.14. The summed E-state index contributed by atoms with van der Waals surface area (Å²) >= 11 is 1.93. The van der Waals surface area contributed by atoms with E-state index < -0.39 is 5.41 Å². The molecule has 0 bridgehead atoms. The lowest BCUT2D eigenvalue weighted by Crippen LogP contribution is -2.30. The van der Waals surface area contributed by atoms with Crippen molar-refractivity contribution in [3.63, 3.8) is 0 Å². The lowest BCUT2D eigenvalue weighted by Gasteiger charge is -2.36. The second-order valence-electron chi connectivity index (χ2n) is 10.2. The predicted octanol–water partition coefficient (Wildman–Crippen LogP) is 12.3. The van der Waals surface area contributed by atoms with Gasteiger partial charge in [-0.05, 0) is 82.9 Å². The first-order valence-corrected chi connectivity index (χ1v) is 16.8. The van der Waals surface area contributed by atoms with Gasteiger partial charge in [0.15, 0.2) is 0 Å². The Labute approximate surface area is 271 Å². The van der Waals surface area contributed by atoms with Gasteiger partial charge in [-0.25, -0.2) is 0 Å². The molecule has 44 heavy (non-hydrogen) atoms. The highest BCUT2D eigenvalue weighted by atomic mass is 32.1. The van der Waals surface area contributed by atoms with Crippen LogP contribution in [0, 0.1) is 6.92 Å². The Morgan fingerprint density at radius 3 is 2.34 bits per heavy atom. The van der Waals surface area contributed by atoms with Crippen LogP contribution in [0.5, 0.6) is 0 Å². The molecule has 2 aromatic carbocycles. The molecule has 0 radical (unpaired) electrons. The van der Waals surface area contributed by atoms with E-state index in [1.807, 2.05) is 70.5 Å². The second kappa shape index (κ2) is 16.2. The predicted molar refractivity (Wildman–Crippen MR) is 200 cm³/mol. The fraction of sp³-hybridized carbons (Fsp3) is 0.262. The lowest BCUT2D eigenvalue weighted by molar-refractivity contribution is 0.712. The van der Waals surface area contributed by atoms with E-state index in [0.29, 0.717) is 0 Å². The molecule has 1 heterocycles. The van der Waals surface area contributed by atoms with Crippen molar-refractivity contribution < 1.29 is 0 Å². The van der Waals surface area contributed by atoms with Crippen LogP contribution in [0.3, 0.4) is 0 Å². The van der Waals surface area contributed by atoms with E-state index in [0.717, 1.165) is 24.8 Å². The lowest BCUT2D eigenvalue weighted by atomic mass is 9.65. The zero-order chi connectivity index (χ0) is 32.3. The van der Waals surface area contributed by atoms with E-state index in [1.54, 1.807) is 0 Å². The minimum Gasteiger partial charge on any atom is -0.297 e. The third kappa shape index (κ3) is 6.01. The molecule has 2 aliphatic rings. The maximum Gasteiger partial charge on any atom is 0.0676 e. The molecule has 228 valence electrons. The Morgan fingerprint density at radius 1 is 0.955 bits per heavy atom. The molecule has 3 aromatic rings. The van der Waals surface area contributed by atoms with E-state index in [9.17, 15) is 0 Å². The van der Waals surface area contributed by atoms with E-state index >= 15 is 0 Å². The van der Waals surface area contributed by atoms with Crippen molar-refractivity contribution in [3.05, 3.63) is 153 Å². The topological polar surface area (TPSA) is 12.4 Å². The minimum atomic E-state index is -0.484. The number of hydrogen-bond acceptors (Lipinski definition) is 2. The Kier molecular flexibility index (Phi) is 12.7. The number of fused-ring (bicyclic) bond motifs is 4. The average Bonchev–Trinajstić information content (AvgIpc) is 3.56. The zero-order valence-corrected chi connectivity index (χ0v) is 28.7. The molecule has 0 amide bonds. The van der Waals surface area contributed by atoms with Gasteiger partial charge in [-0.3, -0.25) is 4.99 Å². The highest BCUT2D eigenvalue weighted by Crippen LogP contribution is 2.58. The largest absolute Gasteiger partial charge is 0.297 e. The number of benzene rings is 2. The number of allylic oxidation sites excluding steroid dienone is 9. The summed E-state index contributed by atoms with van der Waals surface area (Å²) in [5.74, 6) is 0. The van der Waals surface area contributed by atoms with Crippen LogP contribution in [-0.4, -0.2) is 13.3 Å². The van der Waals surface area contributed by atoms with Crippen LogP contribution in [0.1, 0.15) is 85.0 Å². The Hall–Kier alpha value is -4.01. The van der Waals surface area contributed by atoms with Gasteiger partial charge in [0.05, 0.1) is 5.41 Å². The first kappa shape index (κ1) is 34.5. The molecule has 0 saturated carbocycles. The van der Waals surface area contributed by atoms with Gasteiger partial charge in [-0.2, -0.15) is 0 Å². The Morgan fingerprint density at radius 2 is 1.68 bits per heavy atom. The van der Waals surface area contributed by atoms with Crippen LogP contribution in [0.15, 0.2) is 121 Å². The van der Waals surface area contributed by atoms with Crippen molar-refractivity contribution in [1.29, 1.82) is 0 Å². The summed E-state index contributed by atoms with van der Waals surface area (Å²) in [5.41, 5.74) is 12.3. The fourth-order valence-electron chi connectivity index (χ4n) is 6.61. The van der Waals surface area contributed by atoms with E-state index in [4.69, 9.17) is 0 Å². The molecule has 1 nitrogen and oxygen atoms in total. The highest BCUT2D eigenvalue weighted by molar-refractivity contribution is 7.12. The normalized spacial score (nSPS) is 17.0. The molecule has 1 aromatic heterocycles. The summed E-state index contributed by atoms with van der Waals surface area (Å²) in [7, 11) is 1.81. The molecule has 5 rings (SSSR count). The van der Waals surface area contributed by atoms with E-state index in [-0.39, 0.29) is 0 Å². The van der Waals surface area contributed by atoms with E-state index in [1.165, 1.54) is 59.8 Å². The third-order valence-electron chi connectivity index (χ3n) is 8.19. The summed E-state index contributed by atoms with van der Waals surface area (Å²) < 4.78 is 0.